The molecule has 0 amide bonds. The monoisotopic (exact) mass is 282 g/mol. The molecule has 0 unspecified atom stereocenters. The van der Waals surface area contributed by atoms with Crippen molar-refractivity contribution in [3.05, 3.63) is 48.7 Å². The molecule has 1 aromatic carbocycles. The second kappa shape index (κ2) is 5.83. The lowest BCUT2D eigenvalue weighted by molar-refractivity contribution is 0.415. The number of nitrogens with one attached hydrogen (secondary N) is 1. The third-order valence-corrected chi connectivity index (χ3v) is 3.53. The van der Waals surface area contributed by atoms with Crippen molar-refractivity contribution in [2.24, 2.45) is 7.05 Å². The molecule has 5 nitrogen and oxygen atoms in total. The van der Waals surface area contributed by atoms with Gasteiger partial charge in [-0.1, -0.05) is 0 Å². The van der Waals surface area contributed by atoms with Crippen LogP contribution in [0, 0.1) is 0 Å². The van der Waals surface area contributed by atoms with Gasteiger partial charge in [-0.25, -0.2) is 9.97 Å². The number of aryl methyl sites for hydroxylation is 1. The van der Waals surface area contributed by atoms with Gasteiger partial charge in [0.25, 0.3) is 0 Å². The molecular weight excluding hydrogens is 264 g/mol. The Morgan fingerprint density at radius 2 is 2.10 bits per heavy atom. The molecule has 0 aliphatic carbocycles. The minimum atomic E-state index is 0.795. The van der Waals surface area contributed by atoms with Crippen molar-refractivity contribution >= 4 is 16.6 Å². The van der Waals surface area contributed by atoms with E-state index in [9.17, 15) is 0 Å². The SMILES string of the molecule is COc1ccc2c(NCCc3nccn3C)nccc2c1. The van der Waals surface area contributed by atoms with Crippen LogP contribution in [0.25, 0.3) is 10.8 Å². The topological polar surface area (TPSA) is 52.0 Å². The molecule has 0 aliphatic rings. The van der Waals surface area contributed by atoms with Gasteiger partial charge in [-0.05, 0) is 29.7 Å². The Balaban J connectivity index is 1.76. The zero-order valence-corrected chi connectivity index (χ0v) is 12.2. The molecule has 0 spiro atoms. The van der Waals surface area contributed by atoms with Crippen LogP contribution in [0.2, 0.25) is 0 Å². The molecule has 0 radical (unpaired) electrons. The van der Waals surface area contributed by atoms with E-state index in [0.717, 1.165) is 41.1 Å². The molecular formula is C16H18N4O. The first-order valence-corrected chi connectivity index (χ1v) is 6.91. The van der Waals surface area contributed by atoms with Crippen molar-refractivity contribution in [3.63, 3.8) is 0 Å². The summed E-state index contributed by atoms with van der Waals surface area (Å²) in [5.41, 5.74) is 0. The fraction of sp³-hybridized carbons (Fsp3) is 0.250. The molecule has 3 aromatic rings. The highest BCUT2D eigenvalue weighted by molar-refractivity contribution is 5.92. The van der Waals surface area contributed by atoms with E-state index in [1.807, 2.05) is 54.5 Å². The van der Waals surface area contributed by atoms with Crippen molar-refractivity contribution in [3.8, 4) is 5.75 Å². The van der Waals surface area contributed by atoms with Gasteiger partial charge >= 0.3 is 0 Å². The summed E-state index contributed by atoms with van der Waals surface area (Å²) in [6.45, 7) is 0.795. The fourth-order valence-corrected chi connectivity index (χ4v) is 2.35. The quantitative estimate of drug-likeness (QED) is 0.781. The molecule has 0 saturated heterocycles. The molecule has 0 saturated carbocycles. The predicted molar refractivity (Wildman–Crippen MR) is 83.7 cm³/mol. The molecule has 2 heterocycles. The summed E-state index contributed by atoms with van der Waals surface area (Å²) in [6.07, 6.45) is 6.44. The number of anilines is 1. The highest BCUT2D eigenvalue weighted by atomic mass is 16.5. The summed E-state index contributed by atoms with van der Waals surface area (Å²) in [4.78, 5) is 8.74. The average molecular weight is 282 g/mol. The van der Waals surface area contributed by atoms with Crippen LogP contribution >= 0.6 is 0 Å². The third kappa shape index (κ3) is 2.81. The Bertz CT molecular complexity index is 751. The predicted octanol–water partition coefficient (Wildman–Crippen LogP) is 2.63. The molecule has 21 heavy (non-hydrogen) atoms. The largest absolute Gasteiger partial charge is 0.497 e. The van der Waals surface area contributed by atoms with E-state index in [0.29, 0.717) is 0 Å². The molecule has 0 bridgehead atoms. The van der Waals surface area contributed by atoms with Gasteiger partial charge in [-0.3, -0.25) is 0 Å². The molecule has 2 aromatic heterocycles. The smallest absolute Gasteiger partial charge is 0.133 e. The minimum absolute atomic E-state index is 0.795. The summed E-state index contributed by atoms with van der Waals surface area (Å²) >= 11 is 0. The Morgan fingerprint density at radius 3 is 2.86 bits per heavy atom. The highest BCUT2D eigenvalue weighted by Gasteiger charge is 2.04. The maximum atomic E-state index is 5.25. The van der Waals surface area contributed by atoms with Crippen molar-refractivity contribution in [2.75, 3.05) is 19.0 Å². The molecule has 5 heteroatoms. The maximum Gasteiger partial charge on any atom is 0.133 e. The van der Waals surface area contributed by atoms with Gasteiger partial charge in [-0.2, -0.15) is 0 Å². The number of hydrogen-bond acceptors (Lipinski definition) is 4. The number of ether oxygens (including phenoxy) is 1. The second-order valence-electron chi connectivity index (χ2n) is 4.88. The molecule has 0 atom stereocenters. The third-order valence-electron chi connectivity index (χ3n) is 3.53. The van der Waals surface area contributed by atoms with Gasteiger partial charge in [-0.15, -0.1) is 0 Å². The lowest BCUT2D eigenvalue weighted by Gasteiger charge is -2.09. The first-order valence-electron chi connectivity index (χ1n) is 6.91. The summed E-state index contributed by atoms with van der Waals surface area (Å²) in [5, 5.41) is 5.60. The first-order chi connectivity index (χ1) is 10.3. The van der Waals surface area contributed by atoms with Gasteiger partial charge in [0.15, 0.2) is 0 Å². The summed E-state index contributed by atoms with van der Waals surface area (Å²) in [6, 6.07) is 7.99. The van der Waals surface area contributed by atoms with Crippen molar-refractivity contribution in [1.82, 2.24) is 14.5 Å². The molecule has 0 fully saturated rings. The lowest BCUT2D eigenvalue weighted by atomic mass is 10.1. The number of pyridine rings is 1. The van der Waals surface area contributed by atoms with Gasteiger partial charge in [0.2, 0.25) is 0 Å². The Hall–Kier alpha value is -2.56. The van der Waals surface area contributed by atoms with E-state index < -0.39 is 0 Å². The molecule has 3 rings (SSSR count). The molecule has 0 aliphatic heterocycles. The Kier molecular flexibility index (Phi) is 3.73. The number of fused-ring (bicyclic) bond motifs is 1. The van der Waals surface area contributed by atoms with Gasteiger partial charge < -0.3 is 14.6 Å². The zero-order chi connectivity index (χ0) is 14.7. The average Bonchev–Trinajstić information content (AvgIpc) is 2.92. The number of hydrogen-bond donors (Lipinski definition) is 1. The van der Waals surface area contributed by atoms with Crippen LogP contribution in [-0.4, -0.2) is 28.2 Å². The number of nitrogens with zero attached hydrogens (tertiary/aromatic N) is 3. The summed E-state index contributed by atoms with van der Waals surface area (Å²) in [5.74, 6) is 2.81. The molecule has 108 valence electrons. The van der Waals surface area contributed by atoms with Gasteiger partial charge in [0, 0.05) is 44.0 Å². The van der Waals surface area contributed by atoms with E-state index in [4.69, 9.17) is 4.74 Å². The van der Waals surface area contributed by atoms with Crippen LogP contribution in [0.15, 0.2) is 42.9 Å². The maximum absolute atomic E-state index is 5.25. The normalized spacial score (nSPS) is 10.8. The Labute approximate surface area is 123 Å². The van der Waals surface area contributed by atoms with Crippen molar-refractivity contribution in [2.45, 2.75) is 6.42 Å². The van der Waals surface area contributed by atoms with Crippen LogP contribution in [-0.2, 0) is 13.5 Å². The van der Waals surface area contributed by atoms with E-state index in [1.54, 1.807) is 7.11 Å². The zero-order valence-electron chi connectivity index (χ0n) is 12.2. The van der Waals surface area contributed by atoms with Crippen LogP contribution in [0.5, 0.6) is 5.75 Å². The number of aromatic nitrogens is 3. The minimum Gasteiger partial charge on any atom is -0.497 e. The number of imidazole rings is 1. The molecule has 1 N–H and O–H groups in total. The highest BCUT2D eigenvalue weighted by Crippen LogP contribution is 2.25. The number of benzene rings is 1. The van der Waals surface area contributed by atoms with Gasteiger partial charge in [0.05, 0.1) is 7.11 Å². The van der Waals surface area contributed by atoms with E-state index >= 15 is 0 Å². The van der Waals surface area contributed by atoms with Crippen LogP contribution in [0.3, 0.4) is 0 Å². The van der Waals surface area contributed by atoms with Crippen LogP contribution in [0.4, 0.5) is 5.82 Å². The lowest BCUT2D eigenvalue weighted by Crippen LogP contribution is -2.09. The number of methoxy groups -OCH3 is 1. The Morgan fingerprint density at radius 1 is 1.19 bits per heavy atom. The van der Waals surface area contributed by atoms with E-state index in [1.165, 1.54) is 0 Å². The summed E-state index contributed by atoms with van der Waals surface area (Å²) in [7, 11) is 3.68. The van der Waals surface area contributed by atoms with E-state index in [2.05, 4.69) is 15.3 Å². The van der Waals surface area contributed by atoms with E-state index in [-0.39, 0.29) is 0 Å². The van der Waals surface area contributed by atoms with Crippen molar-refractivity contribution < 1.29 is 4.74 Å². The first kappa shape index (κ1) is 13.4. The van der Waals surface area contributed by atoms with Crippen LogP contribution in [0.1, 0.15) is 5.82 Å². The standard InChI is InChI=1S/C16H18N4O/c1-20-10-9-17-15(20)6-8-19-16-14-4-3-13(21-2)11-12(14)5-7-18-16/h3-5,7,9-11H,6,8H2,1-2H3,(H,18,19). The van der Waals surface area contributed by atoms with Crippen LogP contribution < -0.4 is 10.1 Å². The second-order valence-corrected chi connectivity index (χ2v) is 4.88. The van der Waals surface area contributed by atoms with Crippen molar-refractivity contribution in [1.29, 1.82) is 0 Å². The number of rotatable bonds is 5. The fourth-order valence-electron chi connectivity index (χ4n) is 2.35. The summed E-state index contributed by atoms with van der Waals surface area (Å²) < 4.78 is 7.28. The van der Waals surface area contributed by atoms with Gasteiger partial charge in [0.1, 0.15) is 17.4 Å².